The van der Waals surface area contributed by atoms with Crippen LogP contribution in [0, 0.1) is 0 Å². The third-order valence-electron chi connectivity index (χ3n) is 3.64. The molecule has 5 nitrogen and oxygen atoms in total. The number of ether oxygens (including phenoxy) is 1. The van der Waals surface area contributed by atoms with E-state index in [0.29, 0.717) is 17.7 Å². The van der Waals surface area contributed by atoms with E-state index in [1.165, 1.54) is 12.1 Å². The summed E-state index contributed by atoms with van der Waals surface area (Å²) in [5.41, 5.74) is 1.77. The predicted molar refractivity (Wildman–Crippen MR) is 82.9 cm³/mol. The highest BCUT2D eigenvalue weighted by Gasteiger charge is 2.37. The molecule has 2 aromatic carbocycles. The van der Waals surface area contributed by atoms with Crippen molar-refractivity contribution in [1.82, 2.24) is 5.01 Å². The molecule has 1 amide bonds. The average molecular weight is 296 g/mol. The van der Waals surface area contributed by atoms with Gasteiger partial charge in [-0.15, -0.1) is 0 Å². The molecule has 112 valence electrons. The van der Waals surface area contributed by atoms with Crippen molar-refractivity contribution in [3.05, 3.63) is 59.7 Å². The van der Waals surface area contributed by atoms with Gasteiger partial charge in [-0.05, 0) is 29.3 Å². The predicted octanol–water partition coefficient (Wildman–Crippen LogP) is 2.71. The number of amides is 1. The first-order valence-corrected chi connectivity index (χ1v) is 6.97. The SMILES string of the molecule is COc1ccc(/C=N/N2C(=O)CC2c2ccccc2)cc1O. The lowest BCUT2D eigenvalue weighted by Crippen LogP contribution is -2.42. The van der Waals surface area contributed by atoms with Gasteiger partial charge in [-0.25, -0.2) is 5.01 Å². The maximum absolute atomic E-state index is 11.7. The molecule has 2 aromatic rings. The van der Waals surface area contributed by atoms with Gasteiger partial charge < -0.3 is 9.84 Å². The lowest BCUT2D eigenvalue weighted by atomic mass is 9.96. The largest absolute Gasteiger partial charge is 0.504 e. The normalized spacial score (nSPS) is 17.6. The van der Waals surface area contributed by atoms with Crippen LogP contribution in [0.2, 0.25) is 0 Å². The fraction of sp³-hybridized carbons (Fsp3) is 0.176. The van der Waals surface area contributed by atoms with Gasteiger partial charge in [0, 0.05) is 0 Å². The topological polar surface area (TPSA) is 62.1 Å². The smallest absolute Gasteiger partial charge is 0.245 e. The molecule has 1 N–H and O–H groups in total. The van der Waals surface area contributed by atoms with Crippen molar-refractivity contribution < 1.29 is 14.6 Å². The fourth-order valence-electron chi connectivity index (χ4n) is 2.40. The van der Waals surface area contributed by atoms with E-state index in [9.17, 15) is 9.90 Å². The number of phenolic OH excluding ortho intramolecular Hbond substituents is 1. The second kappa shape index (κ2) is 5.89. The number of rotatable bonds is 4. The van der Waals surface area contributed by atoms with Gasteiger partial charge >= 0.3 is 0 Å². The first-order valence-electron chi connectivity index (χ1n) is 6.97. The number of carbonyl (C=O) groups excluding carboxylic acids is 1. The van der Waals surface area contributed by atoms with Crippen LogP contribution in [-0.4, -0.2) is 29.3 Å². The molecule has 22 heavy (non-hydrogen) atoms. The van der Waals surface area contributed by atoms with E-state index in [1.807, 2.05) is 30.3 Å². The molecular weight excluding hydrogens is 280 g/mol. The Morgan fingerprint density at radius 3 is 2.68 bits per heavy atom. The van der Waals surface area contributed by atoms with Crippen molar-refractivity contribution >= 4 is 12.1 Å². The summed E-state index contributed by atoms with van der Waals surface area (Å²) >= 11 is 0. The monoisotopic (exact) mass is 296 g/mol. The molecule has 1 heterocycles. The summed E-state index contributed by atoms with van der Waals surface area (Å²) in [5.74, 6) is 0.433. The molecule has 0 bridgehead atoms. The van der Waals surface area contributed by atoms with Crippen LogP contribution < -0.4 is 4.74 Å². The Morgan fingerprint density at radius 2 is 2.05 bits per heavy atom. The number of hydrazone groups is 1. The zero-order chi connectivity index (χ0) is 15.5. The Kier molecular flexibility index (Phi) is 3.78. The summed E-state index contributed by atoms with van der Waals surface area (Å²) in [6.07, 6.45) is 2.03. The molecule has 1 aliphatic heterocycles. The van der Waals surface area contributed by atoms with E-state index in [1.54, 1.807) is 24.4 Å². The van der Waals surface area contributed by atoms with Crippen molar-refractivity contribution in [1.29, 1.82) is 0 Å². The first-order chi connectivity index (χ1) is 10.7. The number of benzene rings is 2. The Bertz CT molecular complexity index is 713. The summed E-state index contributed by atoms with van der Waals surface area (Å²) in [5, 5.41) is 15.5. The van der Waals surface area contributed by atoms with Crippen LogP contribution in [0.5, 0.6) is 11.5 Å². The summed E-state index contributed by atoms with van der Waals surface area (Å²) in [6, 6.07) is 14.8. The van der Waals surface area contributed by atoms with Gasteiger partial charge in [0.25, 0.3) is 0 Å². The number of hydrogen-bond donors (Lipinski definition) is 1. The van der Waals surface area contributed by atoms with Gasteiger partial charge in [-0.1, -0.05) is 30.3 Å². The molecule has 1 atom stereocenters. The Balaban J connectivity index is 1.76. The minimum absolute atomic E-state index is 0.0113. The minimum Gasteiger partial charge on any atom is -0.504 e. The highest BCUT2D eigenvalue weighted by atomic mass is 16.5. The van der Waals surface area contributed by atoms with E-state index >= 15 is 0 Å². The van der Waals surface area contributed by atoms with Crippen LogP contribution in [0.3, 0.4) is 0 Å². The van der Waals surface area contributed by atoms with Crippen molar-refractivity contribution in [2.45, 2.75) is 12.5 Å². The number of carbonyl (C=O) groups is 1. The molecule has 1 aliphatic rings. The van der Waals surface area contributed by atoms with Crippen LogP contribution in [0.4, 0.5) is 0 Å². The molecule has 1 fully saturated rings. The fourth-order valence-corrected chi connectivity index (χ4v) is 2.40. The Morgan fingerprint density at radius 1 is 1.27 bits per heavy atom. The van der Waals surface area contributed by atoms with Crippen LogP contribution in [-0.2, 0) is 4.79 Å². The van der Waals surface area contributed by atoms with Crippen molar-refractivity contribution in [3.63, 3.8) is 0 Å². The third-order valence-corrected chi connectivity index (χ3v) is 3.64. The Hall–Kier alpha value is -2.82. The highest BCUT2D eigenvalue weighted by Crippen LogP contribution is 2.34. The summed E-state index contributed by atoms with van der Waals surface area (Å²) in [6.45, 7) is 0. The van der Waals surface area contributed by atoms with E-state index in [2.05, 4.69) is 5.10 Å². The number of nitrogens with zero attached hydrogens (tertiary/aromatic N) is 2. The molecule has 3 rings (SSSR count). The number of β-lactam (4-membered cyclic amide) rings is 1. The molecule has 0 radical (unpaired) electrons. The van der Waals surface area contributed by atoms with Crippen molar-refractivity contribution in [2.75, 3.05) is 7.11 Å². The number of phenols is 1. The minimum atomic E-state index is -0.0169. The summed E-state index contributed by atoms with van der Waals surface area (Å²) in [7, 11) is 1.49. The van der Waals surface area contributed by atoms with Crippen molar-refractivity contribution in [2.24, 2.45) is 5.10 Å². The van der Waals surface area contributed by atoms with Gasteiger partial charge in [0.05, 0.1) is 25.8 Å². The van der Waals surface area contributed by atoms with Gasteiger partial charge in [-0.3, -0.25) is 4.79 Å². The van der Waals surface area contributed by atoms with Gasteiger partial charge in [0.2, 0.25) is 5.91 Å². The zero-order valence-corrected chi connectivity index (χ0v) is 12.1. The van der Waals surface area contributed by atoms with Gasteiger partial charge in [0.1, 0.15) is 0 Å². The Labute approximate surface area is 128 Å². The number of methoxy groups -OCH3 is 1. The average Bonchev–Trinajstić information content (AvgIpc) is 2.53. The standard InChI is InChI=1S/C17H16N2O3/c1-22-16-8-7-12(9-15(16)20)11-18-19-14(10-17(19)21)13-5-3-2-4-6-13/h2-9,11,14,20H,10H2,1H3/b18-11+. The van der Waals surface area contributed by atoms with E-state index in [0.717, 1.165) is 5.56 Å². The molecule has 0 spiro atoms. The molecule has 0 aromatic heterocycles. The maximum Gasteiger partial charge on any atom is 0.245 e. The summed E-state index contributed by atoms with van der Waals surface area (Å²) in [4.78, 5) is 11.7. The van der Waals surface area contributed by atoms with Gasteiger partial charge in [0.15, 0.2) is 11.5 Å². The zero-order valence-electron chi connectivity index (χ0n) is 12.1. The van der Waals surface area contributed by atoms with Crippen LogP contribution >= 0.6 is 0 Å². The van der Waals surface area contributed by atoms with E-state index in [4.69, 9.17) is 4.74 Å². The van der Waals surface area contributed by atoms with E-state index < -0.39 is 0 Å². The second-order valence-electron chi connectivity index (χ2n) is 5.04. The lowest BCUT2D eigenvalue weighted by molar-refractivity contribution is -0.146. The number of hydrogen-bond acceptors (Lipinski definition) is 4. The van der Waals surface area contributed by atoms with Gasteiger partial charge in [-0.2, -0.15) is 5.10 Å². The highest BCUT2D eigenvalue weighted by molar-refractivity contribution is 5.86. The van der Waals surface area contributed by atoms with Crippen LogP contribution in [0.15, 0.2) is 53.6 Å². The van der Waals surface area contributed by atoms with Crippen LogP contribution in [0.25, 0.3) is 0 Å². The molecule has 1 unspecified atom stereocenters. The first kappa shape index (κ1) is 14.1. The third kappa shape index (κ3) is 2.65. The van der Waals surface area contributed by atoms with Crippen LogP contribution in [0.1, 0.15) is 23.6 Å². The second-order valence-corrected chi connectivity index (χ2v) is 5.04. The summed E-state index contributed by atoms with van der Waals surface area (Å²) < 4.78 is 4.99. The maximum atomic E-state index is 11.7. The molecular formula is C17H16N2O3. The quantitative estimate of drug-likeness (QED) is 0.697. The molecule has 0 aliphatic carbocycles. The van der Waals surface area contributed by atoms with E-state index in [-0.39, 0.29) is 17.7 Å². The lowest BCUT2D eigenvalue weighted by Gasteiger charge is -2.36. The molecule has 0 saturated carbocycles. The molecule has 5 heteroatoms. The van der Waals surface area contributed by atoms with Crippen molar-refractivity contribution in [3.8, 4) is 11.5 Å². The molecule has 1 saturated heterocycles. The number of aromatic hydroxyl groups is 1.